The number of amides is 1. The number of carbonyl (C=O) groups is 1. The van der Waals surface area contributed by atoms with Gasteiger partial charge in [-0.3, -0.25) is 9.69 Å². The summed E-state index contributed by atoms with van der Waals surface area (Å²) in [6.07, 6.45) is 0.0455. The van der Waals surface area contributed by atoms with E-state index in [1.54, 1.807) is 9.80 Å². The van der Waals surface area contributed by atoms with Crippen molar-refractivity contribution in [3.63, 3.8) is 0 Å². The quantitative estimate of drug-likeness (QED) is 0.912. The Kier molecular flexibility index (Phi) is 4.38. The molecule has 0 unspecified atom stereocenters. The van der Waals surface area contributed by atoms with Gasteiger partial charge in [-0.15, -0.1) is 0 Å². The Morgan fingerprint density at radius 3 is 2.57 bits per heavy atom. The Balaban J connectivity index is 1.52. The molecule has 4 nitrogen and oxygen atoms in total. The van der Waals surface area contributed by atoms with Gasteiger partial charge in [0.15, 0.2) is 0 Å². The van der Waals surface area contributed by atoms with Crippen molar-refractivity contribution in [2.24, 2.45) is 0 Å². The van der Waals surface area contributed by atoms with Crippen LogP contribution in [0.25, 0.3) is 0 Å². The number of hydrogen-bond acceptors (Lipinski definition) is 3. The van der Waals surface area contributed by atoms with E-state index in [1.807, 2.05) is 31.2 Å². The lowest BCUT2D eigenvalue weighted by Gasteiger charge is -2.45. The van der Waals surface area contributed by atoms with Gasteiger partial charge < -0.3 is 10.0 Å². The summed E-state index contributed by atoms with van der Waals surface area (Å²) in [5.74, 6) is -2.71. The Bertz CT molecular complexity index is 570. The van der Waals surface area contributed by atoms with E-state index >= 15 is 0 Å². The van der Waals surface area contributed by atoms with Gasteiger partial charge in [-0.2, -0.15) is 0 Å². The number of aliphatic hydroxyl groups excluding tert-OH is 1. The number of benzene rings is 1. The molecule has 3 rings (SSSR count). The molecule has 1 aromatic carbocycles. The predicted molar refractivity (Wildman–Crippen MR) is 82.4 cm³/mol. The SMILES string of the molecule is Cc1ccc(CC(=O)N2CC(N3CC(F)(F)C[C@H]3CO)C2)cc1. The molecule has 0 radical (unpaired) electrons. The zero-order chi connectivity index (χ0) is 16.6. The summed E-state index contributed by atoms with van der Waals surface area (Å²) in [5.41, 5.74) is 2.11. The average molecular weight is 324 g/mol. The second-order valence-corrected chi connectivity index (χ2v) is 6.68. The fraction of sp³-hybridized carbons (Fsp3) is 0.588. The first kappa shape index (κ1) is 16.3. The molecule has 126 valence electrons. The molecule has 0 spiro atoms. The summed E-state index contributed by atoms with van der Waals surface area (Å²) in [7, 11) is 0. The van der Waals surface area contributed by atoms with E-state index in [0.717, 1.165) is 11.1 Å². The summed E-state index contributed by atoms with van der Waals surface area (Å²) >= 11 is 0. The number of carbonyl (C=O) groups excluding carboxylic acids is 1. The van der Waals surface area contributed by atoms with Crippen LogP contribution < -0.4 is 0 Å². The number of likely N-dealkylation sites (tertiary alicyclic amines) is 2. The lowest BCUT2D eigenvalue weighted by Crippen LogP contribution is -2.62. The topological polar surface area (TPSA) is 43.8 Å². The average Bonchev–Trinajstić information content (AvgIpc) is 2.75. The normalized spacial score (nSPS) is 24.7. The number of aliphatic hydroxyl groups is 1. The number of nitrogens with zero attached hydrogens (tertiary/aromatic N) is 2. The highest BCUT2D eigenvalue weighted by atomic mass is 19.3. The largest absolute Gasteiger partial charge is 0.395 e. The first-order valence-electron chi connectivity index (χ1n) is 7.96. The predicted octanol–water partition coefficient (Wildman–Crippen LogP) is 1.45. The van der Waals surface area contributed by atoms with Crippen LogP contribution in [0.5, 0.6) is 0 Å². The third-order valence-corrected chi connectivity index (χ3v) is 4.79. The number of rotatable bonds is 4. The molecule has 0 aliphatic carbocycles. The van der Waals surface area contributed by atoms with Crippen molar-refractivity contribution in [2.45, 2.75) is 37.8 Å². The van der Waals surface area contributed by atoms with Gasteiger partial charge in [-0.05, 0) is 12.5 Å². The Labute approximate surface area is 134 Å². The zero-order valence-corrected chi connectivity index (χ0v) is 13.2. The van der Waals surface area contributed by atoms with Crippen molar-refractivity contribution in [2.75, 3.05) is 26.2 Å². The minimum Gasteiger partial charge on any atom is -0.395 e. The van der Waals surface area contributed by atoms with Crippen LogP contribution in [0.1, 0.15) is 17.5 Å². The molecule has 0 saturated carbocycles. The van der Waals surface area contributed by atoms with Crippen LogP contribution in [-0.4, -0.2) is 65.1 Å². The van der Waals surface area contributed by atoms with E-state index in [1.165, 1.54) is 0 Å². The van der Waals surface area contributed by atoms with Crippen molar-refractivity contribution < 1.29 is 18.7 Å². The highest BCUT2D eigenvalue weighted by Crippen LogP contribution is 2.35. The van der Waals surface area contributed by atoms with Gasteiger partial charge in [0.05, 0.1) is 19.6 Å². The van der Waals surface area contributed by atoms with Crippen LogP contribution in [0.4, 0.5) is 8.78 Å². The molecule has 1 amide bonds. The van der Waals surface area contributed by atoms with Crippen molar-refractivity contribution in [1.82, 2.24) is 9.80 Å². The van der Waals surface area contributed by atoms with Crippen molar-refractivity contribution in [3.8, 4) is 0 Å². The molecule has 2 aliphatic rings. The molecule has 0 bridgehead atoms. The molecule has 2 saturated heterocycles. The van der Waals surface area contributed by atoms with Gasteiger partial charge in [0.25, 0.3) is 5.92 Å². The molecule has 2 fully saturated rings. The zero-order valence-electron chi connectivity index (χ0n) is 13.2. The Hall–Kier alpha value is -1.53. The van der Waals surface area contributed by atoms with E-state index < -0.39 is 12.0 Å². The summed E-state index contributed by atoms with van der Waals surface area (Å²) in [6.45, 7) is 2.36. The van der Waals surface area contributed by atoms with Gasteiger partial charge in [0, 0.05) is 31.6 Å². The molecule has 0 aromatic heterocycles. The van der Waals surface area contributed by atoms with Gasteiger partial charge in [0.2, 0.25) is 5.91 Å². The van der Waals surface area contributed by atoms with E-state index in [2.05, 4.69) is 0 Å². The van der Waals surface area contributed by atoms with Gasteiger partial charge in [-0.25, -0.2) is 8.78 Å². The molecule has 2 heterocycles. The first-order valence-corrected chi connectivity index (χ1v) is 7.96. The van der Waals surface area contributed by atoms with E-state index in [-0.39, 0.29) is 31.5 Å². The van der Waals surface area contributed by atoms with Gasteiger partial charge in [-0.1, -0.05) is 29.8 Å². The first-order chi connectivity index (χ1) is 10.9. The highest BCUT2D eigenvalue weighted by Gasteiger charge is 2.49. The molecular weight excluding hydrogens is 302 g/mol. The molecule has 6 heteroatoms. The minimum absolute atomic E-state index is 0.0246. The van der Waals surface area contributed by atoms with Crippen LogP contribution in [0.15, 0.2) is 24.3 Å². The van der Waals surface area contributed by atoms with Crippen LogP contribution in [0, 0.1) is 6.92 Å². The highest BCUT2D eigenvalue weighted by molar-refractivity contribution is 5.79. The number of hydrogen-bond donors (Lipinski definition) is 1. The second-order valence-electron chi connectivity index (χ2n) is 6.68. The summed E-state index contributed by atoms with van der Waals surface area (Å²) in [4.78, 5) is 15.6. The maximum absolute atomic E-state index is 13.5. The van der Waals surface area contributed by atoms with E-state index in [4.69, 9.17) is 0 Å². The standard InChI is InChI=1S/C17H22F2N2O2/c1-12-2-4-13(5-3-12)6-16(23)20-8-15(9-20)21-11-17(18,19)7-14(21)10-22/h2-5,14-15,22H,6-11H2,1H3/t14-/m0/s1. The molecular formula is C17H22F2N2O2. The fourth-order valence-electron chi connectivity index (χ4n) is 3.38. The lowest BCUT2D eigenvalue weighted by molar-refractivity contribution is -0.138. The van der Waals surface area contributed by atoms with E-state index in [9.17, 15) is 18.7 Å². The Morgan fingerprint density at radius 1 is 1.30 bits per heavy atom. The van der Waals surface area contributed by atoms with Gasteiger partial charge >= 0.3 is 0 Å². The molecule has 2 aliphatic heterocycles. The van der Waals surface area contributed by atoms with Gasteiger partial charge in [0.1, 0.15) is 0 Å². The summed E-state index contributed by atoms with van der Waals surface area (Å²) < 4.78 is 27.0. The smallest absolute Gasteiger partial charge is 0.262 e. The molecule has 23 heavy (non-hydrogen) atoms. The van der Waals surface area contributed by atoms with Crippen molar-refractivity contribution >= 4 is 5.91 Å². The lowest BCUT2D eigenvalue weighted by atomic mass is 10.0. The number of halogens is 2. The number of alkyl halides is 2. The van der Waals surface area contributed by atoms with Crippen LogP contribution >= 0.6 is 0 Å². The Morgan fingerprint density at radius 2 is 1.96 bits per heavy atom. The number of aryl methyl sites for hydroxylation is 1. The molecule has 1 aromatic rings. The third kappa shape index (κ3) is 3.53. The van der Waals surface area contributed by atoms with Crippen molar-refractivity contribution in [3.05, 3.63) is 35.4 Å². The van der Waals surface area contributed by atoms with Crippen LogP contribution in [-0.2, 0) is 11.2 Å². The van der Waals surface area contributed by atoms with Crippen LogP contribution in [0.3, 0.4) is 0 Å². The molecule has 1 N–H and O–H groups in total. The third-order valence-electron chi connectivity index (χ3n) is 4.79. The maximum Gasteiger partial charge on any atom is 0.262 e. The maximum atomic E-state index is 13.5. The van der Waals surface area contributed by atoms with Crippen molar-refractivity contribution in [1.29, 1.82) is 0 Å². The fourth-order valence-corrected chi connectivity index (χ4v) is 3.38. The summed E-state index contributed by atoms with van der Waals surface area (Å²) in [5, 5.41) is 9.27. The second kappa shape index (κ2) is 6.17. The minimum atomic E-state index is -2.74. The van der Waals surface area contributed by atoms with E-state index in [0.29, 0.717) is 19.5 Å². The summed E-state index contributed by atoms with van der Waals surface area (Å²) in [6, 6.07) is 7.26. The molecule has 1 atom stereocenters. The monoisotopic (exact) mass is 324 g/mol. The van der Waals surface area contributed by atoms with Crippen LogP contribution in [0.2, 0.25) is 0 Å².